The molecule has 20 heteroatoms. The van der Waals surface area contributed by atoms with E-state index in [1.54, 1.807) is 48.5 Å². The highest BCUT2D eigenvalue weighted by Gasteiger charge is 2.48. The zero-order valence-corrected chi connectivity index (χ0v) is 45.7. The molecule has 0 amide bonds. The molecule has 0 unspecified atom stereocenters. The number of hydrogen-bond donors (Lipinski definition) is 4. The highest BCUT2D eigenvalue weighted by molar-refractivity contribution is 5.82. The van der Waals surface area contributed by atoms with Crippen LogP contribution in [0.2, 0.25) is 0 Å². The second-order valence-corrected chi connectivity index (χ2v) is 22.1. The Morgan fingerprint density at radius 1 is 0.392 bits per heavy atom. The Balaban J connectivity index is 0. The lowest BCUT2D eigenvalue weighted by Crippen LogP contribution is -2.51. The average molecular weight is 1070 g/mol. The minimum Gasteiger partial charge on any atom is -0.465 e. The van der Waals surface area contributed by atoms with Crippen LogP contribution < -0.4 is 0 Å². The summed E-state index contributed by atoms with van der Waals surface area (Å²) in [4.78, 5) is 76.6. The van der Waals surface area contributed by atoms with Crippen molar-refractivity contribution in [2.75, 3.05) is 92.5 Å². The zero-order chi connectivity index (χ0) is 54.9. The van der Waals surface area contributed by atoms with E-state index in [9.17, 15) is 49.2 Å². The summed E-state index contributed by atoms with van der Waals surface area (Å²) in [5, 5.41) is 37.5. The predicted molar refractivity (Wildman–Crippen MR) is 275 cm³/mol. The highest BCUT2D eigenvalue weighted by Crippen LogP contribution is 2.34. The van der Waals surface area contributed by atoms with E-state index in [0.29, 0.717) is 6.42 Å². The molecular formula is C54H100O20. The fourth-order valence-corrected chi connectivity index (χ4v) is 6.45. The van der Waals surface area contributed by atoms with E-state index in [0.717, 1.165) is 64.2 Å². The van der Waals surface area contributed by atoms with Crippen molar-refractivity contribution in [1.82, 2.24) is 0 Å². The topological polar surface area (TPSA) is 276 Å². The van der Waals surface area contributed by atoms with Gasteiger partial charge in [-0.05, 0) is 82.1 Å². The number of aliphatic hydroxyl groups excluding tert-OH is 4. The molecule has 0 aromatic heterocycles. The molecule has 0 aromatic rings. The lowest BCUT2D eigenvalue weighted by molar-refractivity contribution is -0.282. The number of carbonyl (C=O) groups is 6. The summed E-state index contributed by atoms with van der Waals surface area (Å²) in [5.74, 6) is -5.91. The first-order valence-corrected chi connectivity index (χ1v) is 25.6. The molecule has 74 heavy (non-hydrogen) atoms. The van der Waals surface area contributed by atoms with E-state index in [2.05, 4.69) is 13.8 Å². The number of unbranched alkanes of at least 4 members (excludes halogenated alkanes) is 10. The van der Waals surface area contributed by atoms with Gasteiger partial charge >= 0.3 is 35.8 Å². The predicted octanol–water partition coefficient (Wildman–Crippen LogP) is 6.80. The summed E-state index contributed by atoms with van der Waals surface area (Å²) in [6.45, 7) is 16.8. The van der Waals surface area contributed by atoms with Crippen molar-refractivity contribution >= 4 is 35.8 Å². The summed E-state index contributed by atoms with van der Waals surface area (Å²) in [5.41, 5.74) is -8.19. The zero-order valence-electron chi connectivity index (χ0n) is 45.7. The van der Waals surface area contributed by atoms with Crippen LogP contribution >= 0.6 is 0 Å². The van der Waals surface area contributed by atoms with Gasteiger partial charge in [-0.2, -0.15) is 0 Å². The van der Waals surface area contributed by atoms with Gasteiger partial charge in [0.1, 0.15) is 58.9 Å². The van der Waals surface area contributed by atoms with Gasteiger partial charge in [-0.1, -0.05) is 92.9 Å². The van der Waals surface area contributed by atoms with Gasteiger partial charge < -0.3 is 67.8 Å². The maximum Gasteiger partial charge on any atom is 0.318 e. The summed E-state index contributed by atoms with van der Waals surface area (Å²) in [6.07, 6.45) is 12.2. The summed E-state index contributed by atoms with van der Waals surface area (Å²) < 4.78 is 55.0. The van der Waals surface area contributed by atoms with Crippen molar-refractivity contribution in [3.63, 3.8) is 0 Å². The number of esters is 6. The highest BCUT2D eigenvalue weighted by atomic mass is 16.7. The van der Waals surface area contributed by atoms with Gasteiger partial charge in [0.15, 0.2) is 11.6 Å². The minimum atomic E-state index is -1.58. The fourth-order valence-electron chi connectivity index (χ4n) is 6.45. The molecule has 2 rings (SSSR count). The Kier molecular flexibility index (Phi) is 33.0. The molecule has 0 spiro atoms. The Labute approximate surface area is 442 Å². The van der Waals surface area contributed by atoms with E-state index in [1.807, 2.05) is 0 Å². The molecule has 2 heterocycles. The van der Waals surface area contributed by atoms with Gasteiger partial charge in [0.05, 0.1) is 66.1 Å². The van der Waals surface area contributed by atoms with E-state index in [-0.39, 0.29) is 67.7 Å². The minimum absolute atomic E-state index is 0. The third kappa shape index (κ3) is 23.8. The van der Waals surface area contributed by atoms with E-state index >= 15 is 0 Å². The molecule has 0 aliphatic carbocycles. The maximum absolute atomic E-state index is 13.2. The smallest absolute Gasteiger partial charge is 0.318 e. The fraction of sp³-hybridized carbons (Fsp3) is 0.889. The van der Waals surface area contributed by atoms with Gasteiger partial charge in [0, 0.05) is 0 Å². The third-order valence-electron chi connectivity index (χ3n) is 12.9. The number of hydrogen-bond acceptors (Lipinski definition) is 20. The molecule has 20 nitrogen and oxygen atoms in total. The number of aliphatic hydroxyl groups is 4. The number of ether oxygens (including phenoxy) is 10. The van der Waals surface area contributed by atoms with E-state index < -0.39 is 120 Å². The molecule has 0 saturated carbocycles. The van der Waals surface area contributed by atoms with Gasteiger partial charge in [0.25, 0.3) is 0 Å². The second-order valence-electron chi connectivity index (χ2n) is 22.1. The van der Waals surface area contributed by atoms with Gasteiger partial charge in [-0.3, -0.25) is 28.8 Å². The molecule has 2 aliphatic heterocycles. The van der Waals surface area contributed by atoms with Crippen molar-refractivity contribution in [2.24, 2.45) is 32.5 Å². The number of carbonyl (C=O) groups excluding carboxylic acids is 6. The molecule has 2 saturated heterocycles. The Hall–Kier alpha value is -3.50. The first kappa shape index (κ1) is 72.6. The molecule has 0 bridgehead atoms. The quantitative estimate of drug-likeness (QED) is 0.0306. The summed E-state index contributed by atoms with van der Waals surface area (Å²) in [6, 6.07) is 0. The normalized spacial score (nSPS) is 16.9. The lowest BCUT2D eigenvalue weighted by atomic mass is 9.89. The maximum atomic E-state index is 13.2. The van der Waals surface area contributed by atoms with Crippen molar-refractivity contribution in [1.29, 1.82) is 0 Å². The first-order valence-electron chi connectivity index (χ1n) is 25.6. The second kappa shape index (κ2) is 33.6. The molecule has 0 atom stereocenters. The van der Waals surface area contributed by atoms with Crippen molar-refractivity contribution < 1.29 is 96.6 Å². The number of rotatable bonds is 32. The third-order valence-corrected chi connectivity index (χ3v) is 12.9. The van der Waals surface area contributed by atoms with E-state index in [1.165, 1.54) is 27.2 Å². The van der Waals surface area contributed by atoms with Crippen molar-refractivity contribution in [3.05, 3.63) is 0 Å². The largest absolute Gasteiger partial charge is 0.465 e. The molecule has 436 valence electrons. The summed E-state index contributed by atoms with van der Waals surface area (Å²) in [7, 11) is 0. The monoisotopic (exact) mass is 1070 g/mol. The molecule has 0 aromatic carbocycles. The Morgan fingerprint density at radius 2 is 0.635 bits per heavy atom. The van der Waals surface area contributed by atoms with Gasteiger partial charge in [-0.25, -0.2) is 0 Å². The van der Waals surface area contributed by atoms with Crippen LogP contribution in [0.15, 0.2) is 0 Å². The molecular weight excluding hydrogens is 969 g/mol. The molecule has 4 N–H and O–H groups in total. The van der Waals surface area contributed by atoms with Crippen LogP contribution in [0.25, 0.3) is 0 Å². The van der Waals surface area contributed by atoms with Crippen LogP contribution in [-0.4, -0.2) is 160 Å². The standard InChI is InChI=1S/C29H50O10.C23H42O10.2CH4/c1-9-10-11-12-13-14-15-33-22(30)27(6,16-34-23(31)28(7)18-36-25(2,3)37-19-28)17-35-24(32)29(8)20-38-26(4,5)39-21-29;1-5-6-7-8-9-10-11-31-20(30)23(4,16-32-18(28)21(2,12-24)13-25)17-33-19(29)22(3,14-26)15-27;;/h9-21H2,1-8H3;24-27H,5-17H2,1-4H3;2*1H4. The first-order chi connectivity index (χ1) is 33.5. The Bertz CT molecular complexity index is 1560. The van der Waals surface area contributed by atoms with Crippen molar-refractivity contribution in [3.8, 4) is 0 Å². The van der Waals surface area contributed by atoms with Crippen LogP contribution in [0.1, 0.15) is 175 Å². The Morgan fingerprint density at radius 3 is 0.905 bits per heavy atom. The van der Waals surface area contributed by atoms with Crippen LogP contribution in [0.4, 0.5) is 0 Å². The van der Waals surface area contributed by atoms with Crippen LogP contribution in [-0.2, 0) is 76.1 Å². The summed E-state index contributed by atoms with van der Waals surface area (Å²) >= 11 is 0. The van der Waals surface area contributed by atoms with Gasteiger partial charge in [0.2, 0.25) is 0 Å². The molecule has 2 fully saturated rings. The van der Waals surface area contributed by atoms with Crippen molar-refractivity contribution in [2.45, 2.75) is 187 Å². The van der Waals surface area contributed by atoms with Crippen LogP contribution in [0.5, 0.6) is 0 Å². The molecule has 2 aliphatic rings. The SMILES string of the molecule is C.C.CCCCCCCCOC(=O)C(C)(COC(=O)C(C)(CO)CO)COC(=O)C(C)(CO)CO.CCCCCCCCOC(=O)C(C)(COC(=O)C1(C)COC(C)(C)OC1)COC(=O)C1(C)COC(C)(C)OC1. The molecule has 0 radical (unpaired) electrons. The van der Waals surface area contributed by atoms with Crippen LogP contribution in [0, 0.1) is 32.5 Å². The van der Waals surface area contributed by atoms with E-state index in [4.69, 9.17) is 47.4 Å². The average Bonchev–Trinajstić information content (AvgIpc) is 3.36. The van der Waals surface area contributed by atoms with Crippen LogP contribution in [0.3, 0.4) is 0 Å². The lowest BCUT2D eigenvalue weighted by Gasteiger charge is -2.40. The van der Waals surface area contributed by atoms with Gasteiger partial charge in [-0.15, -0.1) is 0 Å².